The second kappa shape index (κ2) is 5.96. The molecule has 1 aromatic carbocycles. The lowest BCUT2D eigenvalue weighted by molar-refractivity contribution is 0.287. The first kappa shape index (κ1) is 16.3. The molecular formula is C12H13BrClN3O3S. The van der Waals surface area contributed by atoms with E-state index in [1.165, 1.54) is 12.1 Å². The molecule has 0 bridgehead atoms. The zero-order valence-corrected chi connectivity index (χ0v) is 14.5. The van der Waals surface area contributed by atoms with Gasteiger partial charge in [0.1, 0.15) is 17.3 Å². The number of halogens is 2. The Balaban J connectivity index is 2.33. The highest BCUT2D eigenvalue weighted by molar-refractivity contribution is 9.10. The topological polar surface area (TPSA) is 87.2 Å². The van der Waals surface area contributed by atoms with Crippen LogP contribution in [-0.4, -0.2) is 18.2 Å². The largest absolute Gasteiger partial charge is 0.486 e. The van der Waals surface area contributed by atoms with Gasteiger partial charge in [0.15, 0.2) is 0 Å². The van der Waals surface area contributed by atoms with Crippen molar-refractivity contribution in [2.45, 2.75) is 18.4 Å². The highest BCUT2D eigenvalue weighted by Gasteiger charge is 2.18. The number of rotatable bonds is 4. The smallest absolute Gasteiger partial charge is 0.241 e. The zero-order chi connectivity index (χ0) is 15.8. The summed E-state index contributed by atoms with van der Waals surface area (Å²) in [5.74, 6) is 0.163. The Hall–Kier alpha value is -1.09. The molecule has 1 heterocycles. The lowest BCUT2D eigenvalue weighted by Gasteiger charge is -2.11. The van der Waals surface area contributed by atoms with E-state index in [0.717, 1.165) is 0 Å². The fraction of sp³-hybridized carbons (Fsp3) is 0.250. The monoisotopic (exact) mass is 393 g/mol. The van der Waals surface area contributed by atoms with Crippen molar-refractivity contribution in [3.63, 3.8) is 0 Å². The molecule has 6 nitrogen and oxygen atoms in total. The molecule has 0 atom stereocenters. The molecule has 0 aliphatic heterocycles. The molecule has 21 heavy (non-hydrogen) atoms. The molecule has 2 aromatic rings. The van der Waals surface area contributed by atoms with Gasteiger partial charge in [-0.2, -0.15) is 5.10 Å². The molecule has 0 radical (unpaired) electrons. The van der Waals surface area contributed by atoms with Crippen molar-refractivity contribution < 1.29 is 13.2 Å². The quantitative estimate of drug-likeness (QED) is 0.862. The third-order valence-corrected chi connectivity index (χ3v) is 4.76. The maximum Gasteiger partial charge on any atom is 0.241 e. The van der Waals surface area contributed by atoms with E-state index >= 15 is 0 Å². The summed E-state index contributed by atoms with van der Waals surface area (Å²) in [7, 11) is -2.15. The summed E-state index contributed by atoms with van der Waals surface area (Å²) in [6, 6.07) is 4.59. The molecule has 9 heteroatoms. The third-order valence-electron chi connectivity index (χ3n) is 2.84. The second-order valence-corrected chi connectivity index (χ2v) is 7.22. The average molecular weight is 395 g/mol. The van der Waals surface area contributed by atoms with E-state index < -0.39 is 10.0 Å². The van der Waals surface area contributed by atoms with E-state index in [-0.39, 0.29) is 17.3 Å². The number of nitrogens with two attached hydrogens (primary N) is 1. The first-order valence-electron chi connectivity index (χ1n) is 5.83. The van der Waals surface area contributed by atoms with Crippen LogP contribution >= 0.6 is 27.5 Å². The number of aryl methyl sites for hydroxylation is 2. The van der Waals surface area contributed by atoms with Crippen LogP contribution in [0.2, 0.25) is 5.02 Å². The van der Waals surface area contributed by atoms with Crippen molar-refractivity contribution in [2.24, 2.45) is 12.2 Å². The molecule has 0 saturated carbocycles. The SMILES string of the molecule is Cc1nn(C)c(COc2ccc(Br)cc2S(N)(=O)=O)c1Cl. The molecule has 0 aliphatic rings. The van der Waals surface area contributed by atoms with Crippen molar-refractivity contribution in [3.8, 4) is 5.75 Å². The van der Waals surface area contributed by atoms with Crippen LogP contribution in [0.15, 0.2) is 27.6 Å². The van der Waals surface area contributed by atoms with Crippen LogP contribution in [-0.2, 0) is 23.7 Å². The van der Waals surface area contributed by atoms with Gasteiger partial charge in [0.05, 0.1) is 16.4 Å². The Labute approximate surface area is 136 Å². The number of sulfonamides is 1. The maximum atomic E-state index is 11.6. The zero-order valence-electron chi connectivity index (χ0n) is 11.3. The van der Waals surface area contributed by atoms with Crippen LogP contribution < -0.4 is 9.88 Å². The Kier molecular flexibility index (Phi) is 4.62. The molecule has 2 N–H and O–H groups in total. The molecule has 1 aromatic heterocycles. The van der Waals surface area contributed by atoms with Crippen molar-refractivity contribution in [1.29, 1.82) is 0 Å². The molecule has 114 valence electrons. The van der Waals surface area contributed by atoms with E-state index in [1.807, 2.05) is 0 Å². The van der Waals surface area contributed by atoms with Crippen LogP contribution in [0.3, 0.4) is 0 Å². The highest BCUT2D eigenvalue weighted by atomic mass is 79.9. The van der Waals surface area contributed by atoms with Gasteiger partial charge in [-0.3, -0.25) is 4.68 Å². The summed E-state index contributed by atoms with van der Waals surface area (Å²) < 4.78 is 30.9. The van der Waals surface area contributed by atoms with Gasteiger partial charge in [-0.1, -0.05) is 27.5 Å². The Morgan fingerprint density at radius 2 is 2.14 bits per heavy atom. The molecule has 0 fully saturated rings. The van der Waals surface area contributed by atoms with Gasteiger partial charge in [0, 0.05) is 11.5 Å². The lowest BCUT2D eigenvalue weighted by Crippen LogP contribution is -2.14. The molecule has 0 amide bonds. The molecule has 0 unspecified atom stereocenters. The van der Waals surface area contributed by atoms with Crippen molar-refractivity contribution >= 4 is 37.6 Å². The Morgan fingerprint density at radius 3 is 2.67 bits per heavy atom. The fourth-order valence-corrected chi connectivity index (χ4v) is 3.23. The van der Waals surface area contributed by atoms with Crippen LogP contribution in [0, 0.1) is 6.92 Å². The minimum absolute atomic E-state index is 0.0837. The summed E-state index contributed by atoms with van der Waals surface area (Å²) in [5.41, 5.74) is 1.33. The van der Waals surface area contributed by atoms with Crippen LogP contribution in [0.1, 0.15) is 11.4 Å². The minimum atomic E-state index is -3.89. The van der Waals surface area contributed by atoms with Crippen molar-refractivity contribution in [2.75, 3.05) is 0 Å². The second-order valence-electron chi connectivity index (χ2n) is 4.39. The van der Waals surface area contributed by atoms with Crippen molar-refractivity contribution in [3.05, 3.63) is 39.1 Å². The summed E-state index contributed by atoms with van der Waals surface area (Å²) >= 11 is 9.32. The molecule has 0 spiro atoms. The fourth-order valence-electron chi connectivity index (χ4n) is 1.81. The van der Waals surface area contributed by atoms with E-state index in [1.54, 1.807) is 24.7 Å². The lowest BCUT2D eigenvalue weighted by atomic mass is 10.3. The first-order valence-corrected chi connectivity index (χ1v) is 8.55. The first-order chi connectivity index (χ1) is 9.70. The van der Waals surface area contributed by atoms with Crippen LogP contribution in [0.5, 0.6) is 5.75 Å². The highest BCUT2D eigenvalue weighted by Crippen LogP contribution is 2.28. The molecule has 2 rings (SSSR count). The van der Waals surface area contributed by atoms with Gasteiger partial charge >= 0.3 is 0 Å². The van der Waals surface area contributed by atoms with Gasteiger partial charge in [-0.15, -0.1) is 0 Å². The minimum Gasteiger partial charge on any atom is -0.486 e. The predicted molar refractivity (Wildman–Crippen MR) is 82.8 cm³/mol. The Bertz CT molecular complexity index is 789. The number of ether oxygens (including phenoxy) is 1. The summed E-state index contributed by atoms with van der Waals surface area (Å²) in [4.78, 5) is -0.0908. The normalized spacial score (nSPS) is 11.7. The van der Waals surface area contributed by atoms with Gasteiger partial charge in [0.25, 0.3) is 0 Å². The number of hydrogen-bond acceptors (Lipinski definition) is 4. The summed E-state index contributed by atoms with van der Waals surface area (Å²) in [5, 5.41) is 9.84. The van der Waals surface area contributed by atoms with Crippen LogP contribution in [0.4, 0.5) is 0 Å². The van der Waals surface area contributed by atoms with Gasteiger partial charge in [0.2, 0.25) is 10.0 Å². The van der Waals surface area contributed by atoms with E-state index in [0.29, 0.717) is 20.9 Å². The standard InChI is InChI=1S/C12H13BrClN3O3S/c1-7-12(14)9(17(2)16-7)6-20-10-4-3-8(13)5-11(10)21(15,18)19/h3-5H,6H2,1-2H3,(H2,15,18,19). The van der Waals surface area contributed by atoms with Gasteiger partial charge in [-0.05, 0) is 25.1 Å². The number of primary sulfonamides is 1. The average Bonchev–Trinajstić information content (AvgIpc) is 2.61. The number of benzene rings is 1. The van der Waals surface area contributed by atoms with Gasteiger partial charge < -0.3 is 4.74 Å². The van der Waals surface area contributed by atoms with E-state index in [4.69, 9.17) is 21.5 Å². The molecule has 0 aliphatic carbocycles. The molecular weight excluding hydrogens is 382 g/mol. The predicted octanol–water partition coefficient (Wildman–Crippen LogP) is 2.37. The third kappa shape index (κ3) is 3.57. The number of nitrogens with zero attached hydrogens (tertiary/aromatic N) is 2. The summed E-state index contributed by atoms with van der Waals surface area (Å²) in [6.07, 6.45) is 0. The number of aromatic nitrogens is 2. The number of hydrogen-bond donors (Lipinski definition) is 1. The Morgan fingerprint density at radius 1 is 1.48 bits per heavy atom. The summed E-state index contributed by atoms with van der Waals surface area (Å²) in [6.45, 7) is 1.86. The molecule has 0 saturated heterocycles. The van der Waals surface area contributed by atoms with Gasteiger partial charge in [-0.25, -0.2) is 13.6 Å². The van der Waals surface area contributed by atoms with Crippen LogP contribution in [0.25, 0.3) is 0 Å². The van der Waals surface area contributed by atoms with E-state index in [9.17, 15) is 8.42 Å². The maximum absolute atomic E-state index is 11.6. The van der Waals surface area contributed by atoms with Crippen molar-refractivity contribution in [1.82, 2.24) is 9.78 Å². The van der Waals surface area contributed by atoms with E-state index in [2.05, 4.69) is 21.0 Å².